The van der Waals surface area contributed by atoms with Gasteiger partial charge in [0.05, 0.1) is 16.6 Å². The first-order valence-electron chi connectivity index (χ1n) is 9.82. The van der Waals surface area contributed by atoms with Gasteiger partial charge in [0.15, 0.2) is 0 Å². The Balaban J connectivity index is 1.43. The molecule has 0 fully saturated rings. The fourth-order valence-electron chi connectivity index (χ4n) is 3.52. The monoisotopic (exact) mass is 423 g/mol. The number of H-pyrrole nitrogens is 2. The van der Waals surface area contributed by atoms with Gasteiger partial charge in [-0.05, 0) is 42.5 Å². The number of amides is 1. The van der Waals surface area contributed by atoms with Crippen molar-refractivity contribution in [1.29, 1.82) is 0 Å². The molecule has 2 aromatic heterocycles. The van der Waals surface area contributed by atoms with Crippen LogP contribution in [0.15, 0.2) is 79.1 Å². The summed E-state index contributed by atoms with van der Waals surface area (Å²) in [7, 11) is 0. The number of nitrogens with zero attached hydrogens (tertiary/aromatic N) is 2. The Kier molecular flexibility index (Phi) is 4.72. The third-order valence-electron chi connectivity index (χ3n) is 5.05. The van der Waals surface area contributed by atoms with Crippen LogP contribution < -0.4 is 5.32 Å². The van der Waals surface area contributed by atoms with E-state index in [1.54, 1.807) is 12.3 Å². The predicted octanol–water partition coefficient (Wildman–Crippen LogP) is 4.57. The molecular weight excluding hydrogens is 406 g/mol. The molecule has 156 valence electrons. The van der Waals surface area contributed by atoms with Crippen LogP contribution in [0.25, 0.3) is 33.8 Å². The standard InChI is InChI=1S/C24H17N5O3/c30-23(15-8-9-17(24(31)32)18(13-15)22-25-10-11-26-22)27-16-5-3-4-14(12-16)21-28-19-6-1-2-7-20(19)29-21/h1-13H,(H,25,26)(H,27,30)(H,28,29)(H,31,32). The van der Waals surface area contributed by atoms with E-state index in [1.165, 1.54) is 24.4 Å². The number of aromatic carboxylic acids is 1. The lowest BCUT2D eigenvalue weighted by Gasteiger charge is -2.09. The highest BCUT2D eigenvalue weighted by Crippen LogP contribution is 2.25. The lowest BCUT2D eigenvalue weighted by atomic mass is 10.0. The third kappa shape index (κ3) is 3.61. The zero-order chi connectivity index (χ0) is 22.1. The number of carboxylic acid groups (broad SMARTS) is 1. The number of imidazole rings is 2. The van der Waals surface area contributed by atoms with Gasteiger partial charge in [0.25, 0.3) is 5.91 Å². The van der Waals surface area contributed by atoms with E-state index < -0.39 is 5.97 Å². The van der Waals surface area contributed by atoms with E-state index in [-0.39, 0.29) is 11.5 Å². The SMILES string of the molecule is O=C(Nc1cccc(-c2nc3ccccc3[nH]2)c1)c1ccc(C(=O)O)c(-c2ncc[nH]2)c1. The van der Waals surface area contributed by atoms with Gasteiger partial charge >= 0.3 is 5.97 Å². The fraction of sp³-hybridized carbons (Fsp3) is 0. The summed E-state index contributed by atoms with van der Waals surface area (Å²) in [5.41, 5.74) is 3.93. The summed E-state index contributed by atoms with van der Waals surface area (Å²) in [6.07, 6.45) is 3.12. The van der Waals surface area contributed by atoms with E-state index in [1.807, 2.05) is 42.5 Å². The maximum atomic E-state index is 12.9. The van der Waals surface area contributed by atoms with Crippen LogP contribution in [0.3, 0.4) is 0 Å². The number of nitrogens with one attached hydrogen (secondary N) is 3. The van der Waals surface area contributed by atoms with Crippen LogP contribution in [0.2, 0.25) is 0 Å². The van der Waals surface area contributed by atoms with Crippen LogP contribution in [0.4, 0.5) is 5.69 Å². The molecule has 0 spiro atoms. The minimum absolute atomic E-state index is 0.0587. The molecule has 5 aromatic rings. The van der Waals surface area contributed by atoms with E-state index in [4.69, 9.17) is 0 Å². The Morgan fingerprint density at radius 1 is 0.938 bits per heavy atom. The van der Waals surface area contributed by atoms with Gasteiger partial charge in [0.2, 0.25) is 0 Å². The fourth-order valence-corrected chi connectivity index (χ4v) is 3.52. The van der Waals surface area contributed by atoms with Crippen molar-refractivity contribution >= 4 is 28.6 Å². The quantitative estimate of drug-likeness (QED) is 0.330. The number of aromatic nitrogens is 4. The number of carbonyl (C=O) groups is 2. The Morgan fingerprint density at radius 2 is 1.81 bits per heavy atom. The van der Waals surface area contributed by atoms with Gasteiger partial charge in [-0.3, -0.25) is 4.79 Å². The van der Waals surface area contributed by atoms with Crippen molar-refractivity contribution in [3.05, 3.63) is 90.3 Å². The largest absolute Gasteiger partial charge is 0.478 e. The first-order chi connectivity index (χ1) is 15.6. The second-order valence-electron chi connectivity index (χ2n) is 7.14. The van der Waals surface area contributed by atoms with Crippen molar-refractivity contribution in [2.24, 2.45) is 0 Å². The number of para-hydroxylation sites is 2. The van der Waals surface area contributed by atoms with E-state index in [2.05, 4.69) is 25.3 Å². The number of rotatable bonds is 5. The van der Waals surface area contributed by atoms with Gasteiger partial charge in [-0.15, -0.1) is 0 Å². The van der Waals surface area contributed by atoms with Gasteiger partial charge in [-0.25, -0.2) is 14.8 Å². The van der Waals surface area contributed by atoms with Crippen molar-refractivity contribution in [1.82, 2.24) is 19.9 Å². The number of anilines is 1. The summed E-state index contributed by atoms with van der Waals surface area (Å²) in [5.74, 6) is -0.379. The van der Waals surface area contributed by atoms with Gasteiger partial charge in [-0.2, -0.15) is 0 Å². The number of carbonyl (C=O) groups excluding carboxylic acids is 1. The molecule has 4 N–H and O–H groups in total. The summed E-state index contributed by atoms with van der Waals surface area (Å²) in [5, 5.41) is 12.3. The van der Waals surface area contributed by atoms with Gasteiger partial charge in [0.1, 0.15) is 11.6 Å². The molecule has 0 aliphatic heterocycles. The topological polar surface area (TPSA) is 124 Å². The Morgan fingerprint density at radius 3 is 2.59 bits per heavy atom. The molecule has 1 amide bonds. The summed E-state index contributed by atoms with van der Waals surface area (Å²) < 4.78 is 0. The first-order valence-corrected chi connectivity index (χ1v) is 9.82. The van der Waals surface area contributed by atoms with Crippen molar-refractivity contribution < 1.29 is 14.7 Å². The highest BCUT2D eigenvalue weighted by molar-refractivity contribution is 6.06. The molecule has 0 saturated carbocycles. The van der Waals surface area contributed by atoms with Crippen LogP contribution >= 0.6 is 0 Å². The number of carboxylic acids is 1. The lowest BCUT2D eigenvalue weighted by Crippen LogP contribution is -2.13. The summed E-state index contributed by atoms with van der Waals surface area (Å²) in [4.78, 5) is 39.3. The molecule has 5 rings (SSSR count). The summed E-state index contributed by atoms with van der Waals surface area (Å²) in [6, 6.07) is 19.5. The molecule has 8 heteroatoms. The Labute approximate surface area is 182 Å². The highest BCUT2D eigenvalue weighted by atomic mass is 16.4. The smallest absolute Gasteiger partial charge is 0.336 e. The summed E-state index contributed by atoms with van der Waals surface area (Å²) in [6.45, 7) is 0. The Hall–Kier alpha value is -4.72. The number of aromatic amines is 2. The molecule has 2 heterocycles. The zero-order valence-corrected chi connectivity index (χ0v) is 16.7. The van der Waals surface area contributed by atoms with E-state index in [0.717, 1.165) is 16.6 Å². The van der Waals surface area contributed by atoms with Gasteiger partial charge < -0.3 is 20.4 Å². The molecule has 0 radical (unpaired) electrons. The Bertz CT molecular complexity index is 1420. The second kappa shape index (κ2) is 7.84. The molecule has 32 heavy (non-hydrogen) atoms. The van der Waals surface area contributed by atoms with Crippen LogP contribution in [0.5, 0.6) is 0 Å². The number of fused-ring (bicyclic) bond motifs is 1. The average Bonchev–Trinajstić information content (AvgIpc) is 3.49. The zero-order valence-electron chi connectivity index (χ0n) is 16.7. The molecule has 0 aliphatic rings. The van der Waals surface area contributed by atoms with E-state index >= 15 is 0 Å². The highest BCUT2D eigenvalue weighted by Gasteiger charge is 2.17. The molecular formula is C24H17N5O3. The van der Waals surface area contributed by atoms with Crippen molar-refractivity contribution in [3.8, 4) is 22.8 Å². The van der Waals surface area contributed by atoms with Crippen molar-refractivity contribution in [3.63, 3.8) is 0 Å². The molecule has 0 aliphatic carbocycles. The lowest BCUT2D eigenvalue weighted by molar-refractivity contribution is 0.0697. The maximum Gasteiger partial charge on any atom is 0.336 e. The van der Waals surface area contributed by atoms with E-state index in [9.17, 15) is 14.7 Å². The van der Waals surface area contributed by atoms with Crippen LogP contribution in [-0.2, 0) is 0 Å². The van der Waals surface area contributed by atoms with Crippen molar-refractivity contribution in [2.75, 3.05) is 5.32 Å². The van der Waals surface area contributed by atoms with Crippen LogP contribution in [0.1, 0.15) is 20.7 Å². The first kappa shape index (κ1) is 19.3. The van der Waals surface area contributed by atoms with Gasteiger partial charge in [-0.1, -0.05) is 24.3 Å². The molecule has 0 saturated heterocycles. The van der Waals surface area contributed by atoms with Gasteiger partial charge in [0, 0.05) is 34.8 Å². The number of hydrogen-bond donors (Lipinski definition) is 4. The van der Waals surface area contributed by atoms with Crippen LogP contribution in [-0.4, -0.2) is 36.9 Å². The molecule has 3 aromatic carbocycles. The molecule has 0 unspecified atom stereocenters. The molecule has 0 bridgehead atoms. The molecule has 8 nitrogen and oxygen atoms in total. The predicted molar refractivity (Wildman–Crippen MR) is 120 cm³/mol. The number of benzene rings is 3. The molecule has 0 atom stereocenters. The third-order valence-corrected chi connectivity index (χ3v) is 5.05. The normalized spacial score (nSPS) is 10.9. The minimum atomic E-state index is -1.10. The van der Waals surface area contributed by atoms with Crippen molar-refractivity contribution in [2.45, 2.75) is 0 Å². The summed E-state index contributed by atoms with van der Waals surface area (Å²) >= 11 is 0. The number of hydrogen-bond acceptors (Lipinski definition) is 4. The maximum absolute atomic E-state index is 12.9. The second-order valence-corrected chi connectivity index (χ2v) is 7.14. The minimum Gasteiger partial charge on any atom is -0.478 e. The van der Waals surface area contributed by atoms with Crippen LogP contribution in [0, 0.1) is 0 Å². The average molecular weight is 423 g/mol. The van der Waals surface area contributed by atoms with E-state index in [0.29, 0.717) is 28.5 Å².